The summed E-state index contributed by atoms with van der Waals surface area (Å²) in [6, 6.07) is 18.8. The quantitative estimate of drug-likeness (QED) is 0.315. The molecule has 0 unspecified atom stereocenters. The molecular weight excluding hydrogens is 498 g/mol. The summed E-state index contributed by atoms with van der Waals surface area (Å²) >= 11 is 3.42. The van der Waals surface area contributed by atoms with E-state index in [0.29, 0.717) is 23.3 Å². The van der Waals surface area contributed by atoms with Crippen molar-refractivity contribution in [2.24, 2.45) is 5.10 Å². The van der Waals surface area contributed by atoms with Gasteiger partial charge in [0.25, 0.3) is 5.56 Å². The normalized spacial score (nSPS) is 12.7. The van der Waals surface area contributed by atoms with Crippen molar-refractivity contribution in [2.45, 2.75) is 26.4 Å². The van der Waals surface area contributed by atoms with Gasteiger partial charge in [-0.3, -0.25) is 4.79 Å². The van der Waals surface area contributed by atoms with Crippen molar-refractivity contribution in [1.29, 1.82) is 0 Å². The molecule has 0 atom stereocenters. The van der Waals surface area contributed by atoms with Gasteiger partial charge in [-0.05, 0) is 65.7 Å². The van der Waals surface area contributed by atoms with Gasteiger partial charge in [0.15, 0.2) is 11.5 Å². The van der Waals surface area contributed by atoms with E-state index in [0.717, 1.165) is 32.8 Å². The average Bonchev–Trinajstić information content (AvgIpc) is 3.31. The lowest BCUT2D eigenvalue weighted by Crippen LogP contribution is -2.23. The molecule has 0 N–H and O–H groups in total. The number of ether oxygens (including phenoxy) is 3. The molecule has 7 nitrogen and oxygen atoms in total. The molecule has 0 saturated carbocycles. The molecule has 0 amide bonds. The van der Waals surface area contributed by atoms with E-state index in [1.54, 1.807) is 12.3 Å². The molecule has 0 spiro atoms. The largest absolute Gasteiger partial charge is 0.489 e. The molecule has 172 valence electrons. The summed E-state index contributed by atoms with van der Waals surface area (Å²) in [4.78, 5) is 17.8. The van der Waals surface area contributed by atoms with Crippen molar-refractivity contribution in [3.63, 3.8) is 0 Å². The highest BCUT2D eigenvalue weighted by atomic mass is 79.9. The van der Waals surface area contributed by atoms with E-state index < -0.39 is 0 Å². The Morgan fingerprint density at radius 3 is 2.68 bits per heavy atom. The second-order valence-electron chi connectivity index (χ2n) is 8.19. The lowest BCUT2D eigenvalue weighted by atomic mass is 10.2. The third kappa shape index (κ3) is 4.54. The first-order valence-corrected chi connectivity index (χ1v) is 11.7. The van der Waals surface area contributed by atoms with Crippen LogP contribution in [0.25, 0.3) is 10.9 Å². The van der Waals surface area contributed by atoms with Gasteiger partial charge < -0.3 is 14.2 Å². The Morgan fingerprint density at radius 2 is 1.88 bits per heavy atom. The summed E-state index contributed by atoms with van der Waals surface area (Å²) < 4.78 is 18.8. The zero-order valence-corrected chi connectivity index (χ0v) is 20.3. The zero-order valence-electron chi connectivity index (χ0n) is 18.7. The van der Waals surface area contributed by atoms with Crippen LogP contribution in [0.5, 0.6) is 17.2 Å². The van der Waals surface area contributed by atoms with Gasteiger partial charge in [0.05, 0.1) is 17.1 Å². The Morgan fingerprint density at radius 1 is 1.09 bits per heavy atom. The van der Waals surface area contributed by atoms with Gasteiger partial charge in [-0.15, -0.1) is 0 Å². The highest BCUT2D eigenvalue weighted by molar-refractivity contribution is 9.10. The van der Waals surface area contributed by atoms with Gasteiger partial charge in [-0.25, -0.2) is 4.98 Å². The van der Waals surface area contributed by atoms with Crippen molar-refractivity contribution < 1.29 is 14.2 Å². The monoisotopic (exact) mass is 519 g/mol. The SMILES string of the molecule is CC(C)c1nc2ccc(Br)cc2c(=O)n1N=Cc1ccc(OCc2ccc3c(c2)OCO3)cc1. The van der Waals surface area contributed by atoms with E-state index in [9.17, 15) is 4.79 Å². The predicted molar refractivity (Wildman–Crippen MR) is 134 cm³/mol. The van der Waals surface area contributed by atoms with Gasteiger partial charge in [0.2, 0.25) is 6.79 Å². The first-order valence-electron chi connectivity index (χ1n) is 10.9. The van der Waals surface area contributed by atoms with E-state index in [1.165, 1.54) is 4.68 Å². The van der Waals surface area contributed by atoms with Crippen LogP contribution in [-0.4, -0.2) is 22.7 Å². The standard InChI is InChI=1S/C26H22BrN3O4/c1-16(2)25-29-22-9-6-19(27)12-21(22)26(31)30(25)28-13-17-3-7-20(8-4-17)32-14-18-5-10-23-24(11-18)34-15-33-23/h3-13,16H,14-15H2,1-2H3. The maximum atomic E-state index is 13.1. The molecule has 0 bridgehead atoms. The molecule has 3 aromatic carbocycles. The lowest BCUT2D eigenvalue weighted by Gasteiger charge is -2.12. The number of benzene rings is 3. The maximum absolute atomic E-state index is 13.1. The summed E-state index contributed by atoms with van der Waals surface area (Å²) in [6.07, 6.45) is 1.65. The van der Waals surface area contributed by atoms with E-state index in [4.69, 9.17) is 14.2 Å². The number of nitrogens with zero attached hydrogens (tertiary/aromatic N) is 3. The molecule has 1 aliphatic rings. The summed E-state index contributed by atoms with van der Waals surface area (Å²) in [5, 5.41) is 4.99. The van der Waals surface area contributed by atoms with Gasteiger partial charge in [-0.2, -0.15) is 9.78 Å². The zero-order chi connectivity index (χ0) is 23.7. The van der Waals surface area contributed by atoms with Crippen LogP contribution in [-0.2, 0) is 6.61 Å². The minimum atomic E-state index is -0.199. The third-order valence-corrected chi connectivity index (χ3v) is 5.89. The molecule has 2 heterocycles. The van der Waals surface area contributed by atoms with Crippen LogP contribution in [0.15, 0.2) is 75.0 Å². The Balaban J connectivity index is 1.34. The summed E-state index contributed by atoms with van der Waals surface area (Å²) in [5.74, 6) is 2.86. The molecule has 8 heteroatoms. The van der Waals surface area contributed by atoms with Crippen LogP contribution in [0.2, 0.25) is 0 Å². The fraction of sp³-hybridized carbons (Fsp3) is 0.192. The Hall–Kier alpha value is -3.65. The topological polar surface area (TPSA) is 74.9 Å². The molecule has 5 rings (SSSR count). The molecule has 34 heavy (non-hydrogen) atoms. The molecule has 0 saturated heterocycles. The number of rotatable bonds is 6. The Labute approximate surface area is 204 Å². The average molecular weight is 520 g/mol. The predicted octanol–water partition coefficient (Wildman–Crippen LogP) is 5.47. The van der Waals surface area contributed by atoms with Gasteiger partial charge >= 0.3 is 0 Å². The van der Waals surface area contributed by atoms with Crippen LogP contribution < -0.4 is 19.8 Å². The second-order valence-corrected chi connectivity index (χ2v) is 9.11. The second kappa shape index (κ2) is 9.30. The van der Waals surface area contributed by atoms with Crippen LogP contribution >= 0.6 is 15.9 Å². The number of hydrogen-bond acceptors (Lipinski definition) is 6. The number of fused-ring (bicyclic) bond motifs is 2. The molecule has 0 radical (unpaired) electrons. The Kier molecular flexibility index (Phi) is 6.06. The first-order chi connectivity index (χ1) is 16.5. The number of aromatic nitrogens is 2. The van der Waals surface area contributed by atoms with Gasteiger partial charge in [0.1, 0.15) is 18.2 Å². The minimum Gasteiger partial charge on any atom is -0.489 e. The van der Waals surface area contributed by atoms with Crippen LogP contribution in [0.3, 0.4) is 0 Å². The van der Waals surface area contributed by atoms with Crippen molar-refractivity contribution in [3.8, 4) is 17.2 Å². The molecule has 1 aliphatic heterocycles. The molecular formula is C26H22BrN3O4. The van der Waals surface area contributed by atoms with E-state index >= 15 is 0 Å². The van der Waals surface area contributed by atoms with Crippen molar-refractivity contribution in [1.82, 2.24) is 9.66 Å². The smallest absolute Gasteiger partial charge is 0.282 e. The van der Waals surface area contributed by atoms with Crippen molar-refractivity contribution >= 4 is 33.0 Å². The maximum Gasteiger partial charge on any atom is 0.282 e. The molecule has 1 aromatic heterocycles. The fourth-order valence-electron chi connectivity index (χ4n) is 3.62. The highest BCUT2D eigenvalue weighted by Crippen LogP contribution is 2.32. The molecule has 4 aromatic rings. The van der Waals surface area contributed by atoms with Gasteiger partial charge in [-0.1, -0.05) is 35.8 Å². The molecule has 0 fully saturated rings. The molecule has 0 aliphatic carbocycles. The number of halogens is 1. The van der Waals surface area contributed by atoms with Crippen LogP contribution in [0, 0.1) is 0 Å². The van der Waals surface area contributed by atoms with E-state index in [-0.39, 0.29) is 18.3 Å². The summed E-state index contributed by atoms with van der Waals surface area (Å²) in [7, 11) is 0. The summed E-state index contributed by atoms with van der Waals surface area (Å²) in [5.41, 5.74) is 2.29. The van der Waals surface area contributed by atoms with E-state index in [2.05, 4.69) is 26.0 Å². The minimum absolute atomic E-state index is 0.0323. The summed E-state index contributed by atoms with van der Waals surface area (Å²) in [6.45, 7) is 4.64. The Bertz CT molecular complexity index is 1450. The van der Waals surface area contributed by atoms with E-state index in [1.807, 2.05) is 68.4 Å². The fourth-order valence-corrected chi connectivity index (χ4v) is 3.98. The van der Waals surface area contributed by atoms with Crippen molar-refractivity contribution in [2.75, 3.05) is 6.79 Å². The van der Waals surface area contributed by atoms with Crippen molar-refractivity contribution in [3.05, 3.63) is 92.4 Å². The van der Waals surface area contributed by atoms with Crippen LogP contribution in [0.1, 0.15) is 36.7 Å². The number of hydrogen-bond donors (Lipinski definition) is 0. The lowest BCUT2D eigenvalue weighted by molar-refractivity contribution is 0.174. The highest BCUT2D eigenvalue weighted by Gasteiger charge is 2.14. The third-order valence-electron chi connectivity index (χ3n) is 5.39. The first kappa shape index (κ1) is 22.2. The van der Waals surface area contributed by atoms with Gasteiger partial charge in [0, 0.05) is 10.4 Å². The van der Waals surface area contributed by atoms with Crippen LogP contribution in [0.4, 0.5) is 0 Å².